The first-order chi connectivity index (χ1) is 7.53. The molecule has 0 saturated heterocycles. The van der Waals surface area contributed by atoms with Gasteiger partial charge in [0.15, 0.2) is 0 Å². The first-order valence-electron chi connectivity index (χ1n) is 5.60. The number of Topliss-reactive ketones (excluding diaryl/α,β-unsaturated/α-hetero) is 1. The molecule has 0 spiro atoms. The van der Waals surface area contributed by atoms with Gasteiger partial charge in [-0.1, -0.05) is 12.1 Å². The Morgan fingerprint density at radius 2 is 2.19 bits per heavy atom. The lowest BCUT2D eigenvalue weighted by molar-refractivity contribution is 0.000454. The van der Waals surface area contributed by atoms with E-state index < -0.39 is 5.60 Å². The molecule has 0 atom stereocenters. The maximum absolute atomic E-state index is 12.2. The number of hydrogen-bond acceptors (Lipinski definition) is 4. The second-order valence-electron chi connectivity index (χ2n) is 4.11. The van der Waals surface area contributed by atoms with Crippen LogP contribution in [0.25, 0.3) is 0 Å². The van der Waals surface area contributed by atoms with Crippen LogP contribution in [0.5, 0.6) is 0 Å². The summed E-state index contributed by atoms with van der Waals surface area (Å²) in [6.45, 7) is 8.64. The van der Waals surface area contributed by atoms with Crippen LogP contribution in [0.2, 0.25) is 0 Å². The van der Waals surface area contributed by atoms with Gasteiger partial charge in [0.2, 0.25) is 5.78 Å². The number of carbonyl (C=O) groups excluding carboxylic acids is 1. The third kappa shape index (κ3) is 2.66. The molecule has 0 radical (unpaired) electrons. The minimum Gasteiger partial charge on any atom is -0.368 e. The van der Waals surface area contributed by atoms with Crippen molar-refractivity contribution < 1.29 is 9.53 Å². The third-order valence-electron chi connectivity index (χ3n) is 2.34. The minimum atomic E-state index is -0.818. The Morgan fingerprint density at radius 1 is 1.50 bits per heavy atom. The molecule has 1 aromatic rings. The van der Waals surface area contributed by atoms with E-state index in [1.165, 1.54) is 6.20 Å². The Labute approximate surface area is 95.8 Å². The van der Waals surface area contributed by atoms with Crippen molar-refractivity contribution in [2.24, 2.45) is 0 Å². The van der Waals surface area contributed by atoms with Crippen LogP contribution in [0.3, 0.4) is 0 Å². The average molecular weight is 225 g/mol. The average Bonchev–Trinajstić information content (AvgIpc) is 2.65. The quantitative estimate of drug-likeness (QED) is 0.691. The molecule has 0 fully saturated rings. The van der Waals surface area contributed by atoms with Crippen LogP contribution in [-0.4, -0.2) is 33.0 Å². The zero-order chi connectivity index (χ0) is 12.2. The summed E-state index contributed by atoms with van der Waals surface area (Å²) < 4.78 is 7.06. The van der Waals surface area contributed by atoms with Crippen LogP contribution in [0, 0.1) is 0 Å². The van der Waals surface area contributed by atoms with E-state index in [2.05, 4.69) is 10.3 Å². The fraction of sp³-hybridized carbons (Fsp3) is 0.727. The standard InChI is InChI=1S/C11H19N3O2/c1-5-7-14-9(8-12-13-14)10(15)11(3,4)16-6-2/h8H,5-7H2,1-4H3. The summed E-state index contributed by atoms with van der Waals surface area (Å²) in [7, 11) is 0. The SMILES string of the molecule is CCCn1nncc1C(=O)C(C)(C)OCC. The molecule has 0 amide bonds. The summed E-state index contributed by atoms with van der Waals surface area (Å²) in [5, 5.41) is 7.66. The smallest absolute Gasteiger partial charge is 0.213 e. The molecule has 0 bridgehead atoms. The monoisotopic (exact) mass is 225 g/mol. The van der Waals surface area contributed by atoms with Gasteiger partial charge < -0.3 is 4.74 Å². The molecule has 16 heavy (non-hydrogen) atoms. The van der Waals surface area contributed by atoms with Crippen molar-refractivity contribution in [2.45, 2.75) is 46.3 Å². The number of aromatic nitrogens is 3. The zero-order valence-electron chi connectivity index (χ0n) is 10.4. The highest BCUT2D eigenvalue weighted by molar-refractivity contribution is 6.00. The van der Waals surface area contributed by atoms with Crippen molar-refractivity contribution in [3.8, 4) is 0 Å². The summed E-state index contributed by atoms with van der Waals surface area (Å²) >= 11 is 0. The number of carbonyl (C=O) groups is 1. The van der Waals surface area contributed by atoms with Gasteiger partial charge >= 0.3 is 0 Å². The number of aryl methyl sites for hydroxylation is 1. The largest absolute Gasteiger partial charge is 0.368 e. The summed E-state index contributed by atoms with van der Waals surface area (Å²) in [5.41, 5.74) is -0.303. The fourth-order valence-corrected chi connectivity index (χ4v) is 1.55. The molecule has 0 aliphatic rings. The van der Waals surface area contributed by atoms with Gasteiger partial charge in [-0.15, -0.1) is 5.10 Å². The van der Waals surface area contributed by atoms with Gasteiger partial charge in [0, 0.05) is 13.2 Å². The van der Waals surface area contributed by atoms with Gasteiger partial charge in [-0.3, -0.25) is 4.79 Å². The number of hydrogen-bond donors (Lipinski definition) is 0. The summed E-state index contributed by atoms with van der Waals surface area (Å²) in [4.78, 5) is 12.2. The third-order valence-corrected chi connectivity index (χ3v) is 2.34. The van der Waals surface area contributed by atoms with Crippen molar-refractivity contribution in [3.63, 3.8) is 0 Å². The first kappa shape index (κ1) is 12.8. The molecular weight excluding hydrogens is 206 g/mol. The first-order valence-corrected chi connectivity index (χ1v) is 5.60. The number of ether oxygens (including phenoxy) is 1. The molecule has 0 aromatic carbocycles. The van der Waals surface area contributed by atoms with E-state index in [1.54, 1.807) is 18.5 Å². The lowest BCUT2D eigenvalue weighted by Gasteiger charge is -2.22. The zero-order valence-corrected chi connectivity index (χ0v) is 10.4. The van der Waals surface area contributed by atoms with Gasteiger partial charge in [-0.25, -0.2) is 4.68 Å². The lowest BCUT2D eigenvalue weighted by atomic mass is 10.0. The van der Waals surface area contributed by atoms with Crippen LogP contribution < -0.4 is 0 Å². The Bertz CT molecular complexity index is 358. The molecule has 0 unspecified atom stereocenters. The molecule has 1 heterocycles. The number of ketones is 1. The molecule has 0 N–H and O–H groups in total. The molecule has 1 aromatic heterocycles. The summed E-state index contributed by atoms with van der Waals surface area (Å²) in [5.74, 6) is -0.0761. The Morgan fingerprint density at radius 3 is 2.75 bits per heavy atom. The van der Waals surface area contributed by atoms with Crippen molar-refractivity contribution in [2.75, 3.05) is 6.61 Å². The predicted molar refractivity (Wildman–Crippen MR) is 60.3 cm³/mol. The molecule has 0 aliphatic heterocycles. The maximum atomic E-state index is 12.2. The minimum absolute atomic E-state index is 0.0761. The van der Waals surface area contributed by atoms with Crippen LogP contribution in [-0.2, 0) is 11.3 Å². The molecule has 0 aliphatic carbocycles. The Kier molecular flexibility index (Phi) is 4.18. The second kappa shape index (κ2) is 5.21. The van der Waals surface area contributed by atoms with Crippen LogP contribution in [0.4, 0.5) is 0 Å². The van der Waals surface area contributed by atoms with Crippen molar-refractivity contribution >= 4 is 5.78 Å². The van der Waals surface area contributed by atoms with E-state index in [4.69, 9.17) is 4.74 Å². The molecular formula is C11H19N3O2. The molecule has 90 valence electrons. The Balaban J connectivity index is 2.91. The fourth-order valence-electron chi connectivity index (χ4n) is 1.55. The molecule has 5 nitrogen and oxygen atoms in total. The van der Waals surface area contributed by atoms with E-state index in [-0.39, 0.29) is 5.78 Å². The highest BCUT2D eigenvalue weighted by atomic mass is 16.5. The number of rotatable bonds is 6. The van der Waals surface area contributed by atoms with Gasteiger partial charge in [0.05, 0.1) is 6.20 Å². The van der Waals surface area contributed by atoms with Gasteiger partial charge in [0.1, 0.15) is 11.3 Å². The van der Waals surface area contributed by atoms with Crippen molar-refractivity contribution in [3.05, 3.63) is 11.9 Å². The maximum Gasteiger partial charge on any atom is 0.213 e. The number of nitrogens with zero attached hydrogens (tertiary/aromatic N) is 3. The normalized spacial score (nSPS) is 11.8. The highest BCUT2D eigenvalue weighted by Gasteiger charge is 2.31. The molecule has 1 rings (SSSR count). The van der Waals surface area contributed by atoms with E-state index in [1.807, 2.05) is 13.8 Å². The van der Waals surface area contributed by atoms with Gasteiger partial charge in [0.25, 0.3) is 0 Å². The van der Waals surface area contributed by atoms with Crippen LogP contribution >= 0.6 is 0 Å². The highest BCUT2D eigenvalue weighted by Crippen LogP contribution is 2.16. The summed E-state index contributed by atoms with van der Waals surface area (Å²) in [6, 6.07) is 0. The van der Waals surface area contributed by atoms with Gasteiger partial charge in [-0.05, 0) is 27.2 Å². The second-order valence-corrected chi connectivity index (χ2v) is 4.11. The van der Waals surface area contributed by atoms with Crippen LogP contribution in [0.1, 0.15) is 44.6 Å². The Hall–Kier alpha value is -1.23. The van der Waals surface area contributed by atoms with Crippen molar-refractivity contribution in [1.29, 1.82) is 0 Å². The van der Waals surface area contributed by atoms with E-state index in [0.29, 0.717) is 18.8 Å². The van der Waals surface area contributed by atoms with Crippen molar-refractivity contribution in [1.82, 2.24) is 15.0 Å². The summed E-state index contributed by atoms with van der Waals surface area (Å²) in [6.07, 6.45) is 2.41. The lowest BCUT2D eigenvalue weighted by Crippen LogP contribution is -2.36. The molecule has 0 saturated carbocycles. The molecule has 5 heteroatoms. The van der Waals surface area contributed by atoms with E-state index in [0.717, 1.165) is 6.42 Å². The van der Waals surface area contributed by atoms with E-state index >= 15 is 0 Å². The predicted octanol–water partition coefficient (Wildman–Crippen LogP) is 1.69. The van der Waals surface area contributed by atoms with Crippen LogP contribution in [0.15, 0.2) is 6.20 Å². The topological polar surface area (TPSA) is 57.0 Å². The van der Waals surface area contributed by atoms with Gasteiger partial charge in [-0.2, -0.15) is 0 Å². The van der Waals surface area contributed by atoms with E-state index in [9.17, 15) is 4.79 Å².